The van der Waals surface area contributed by atoms with E-state index in [4.69, 9.17) is 14.2 Å². The number of ether oxygens (including phenoxy) is 3. The van der Waals surface area contributed by atoms with Gasteiger partial charge >= 0.3 is 5.97 Å². The maximum Gasteiger partial charge on any atom is 0.307 e. The molecule has 1 heterocycles. The normalized spacial score (nSPS) is 13.5. The van der Waals surface area contributed by atoms with E-state index in [1.165, 1.54) is 42.5 Å². The second-order valence-corrected chi connectivity index (χ2v) is 9.76. The number of hydrogen-bond acceptors (Lipinski definition) is 7. The van der Waals surface area contributed by atoms with Crippen LogP contribution in [0.5, 0.6) is 11.5 Å². The molecule has 0 aliphatic carbocycles. The van der Waals surface area contributed by atoms with Crippen LogP contribution in [0, 0.1) is 5.82 Å². The quantitative estimate of drug-likeness (QED) is 0.471. The third-order valence-corrected chi connectivity index (χ3v) is 6.86. The molecule has 1 aliphatic rings. The zero-order valence-corrected chi connectivity index (χ0v) is 19.3. The Kier molecular flexibility index (Phi) is 7.31. The Hall–Kier alpha value is -3.92. The van der Waals surface area contributed by atoms with Crippen LogP contribution in [0.15, 0.2) is 77.7 Å². The van der Waals surface area contributed by atoms with Crippen molar-refractivity contribution in [2.24, 2.45) is 0 Å². The van der Waals surface area contributed by atoms with E-state index in [9.17, 15) is 22.4 Å². The van der Waals surface area contributed by atoms with E-state index < -0.39 is 45.8 Å². The van der Waals surface area contributed by atoms with E-state index in [-0.39, 0.29) is 4.90 Å². The lowest BCUT2D eigenvalue weighted by molar-refractivity contribution is -0.154. The molecule has 0 saturated heterocycles. The number of amides is 1. The van der Waals surface area contributed by atoms with Gasteiger partial charge in [-0.1, -0.05) is 30.3 Å². The molecule has 3 aromatic carbocycles. The van der Waals surface area contributed by atoms with Crippen molar-refractivity contribution in [1.29, 1.82) is 0 Å². The minimum atomic E-state index is -3.83. The summed E-state index contributed by atoms with van der Waals surface area (Å²) in [6.07, 6.45) is -1.80. The van der Waals surface area contributed by atoms with Crippen molar-refractivity contribution in [3.05, 3.63) is 84.2 Å². The van der Waals surface area contributed by atoms with Crippen molar-refractivity contribution in [3.8, 4) is 11.5 Å². The summed E-state index contributed by atoms with van der Waals surface area (Å²) in [5.74, 6) is -1.74. The lowest BCUT2D eigenvalue weighted by Crippen LogP contribution is -2.26. The van der Waals surface area contributed by atoms with Crippen LogP contribution in [0.4, 0.5) is 10.1 Å². The highest BCUT2D eigenvalue weighted by Crippen LogP contribution is 2.32. The number of halogens is 1. The Labute approximate surface area is 201 Å². The molecule has 1 aliphatic heterocycles. The Morgan fingerprint density at radius 3 is 2.34 bits per heavy atom. The number of carbonyl (C=O) groups is 2. The summed E-state index contributed by atoms with van der Waals surface area (Å²) in [5.41, 5.74) is 0.713. The molecule has 8 nitrogen and oxygen atoms in total. The first-order valence-corrected chi connectivity index (χ1v) is 12.4. The Morgan fingerprint density at radius 2 is 1.63 bits per heavy atom. The fraction of sp³-hybridized carbons (Fsp3) is 0.200. The number of anilines is 1. The zero-order chi connectivity index (χ0) is 24.8. The highest BCUT2D eigenvalue weighted by Gasteiger charge is 2.27. The predicted octanol–water partition coefficient (Wildman–Crippen LogP) is 3.68. The lowest BCUT2D eigenvalue weighted by atomic mass is 10.1. The highest BCUT2D eigenvalue weighted by atomic mass is 32.2. The number of sulfone groups is 1. The van der Waals surface area contributed by atoms with E-state index in [1.54, 1.807) is 30.3 Å². The fourth-order valence-electron chi connectivity index (χ4n) is 3.38. The summed E-state index contributed by atoms with van der Waals surface area (Å²) in [5, 5.41) is 2.57. The average Bonchev–Trinajstić information content (AvgIpc) is 2.87. The van der Waals surface area contributed by atoms with E-state index in [1.807, 2.05) is 0 Å². The van der Waals surface area contributed by atoms with Crippen molar-refractivity contribution in [2.45, 2.75) is 17.4 Å². The largest absolute Gasteiger partial charge is 0.486 e. The van der Waals surface area contributed by atoms with Gasteiger partial charge in [-0.15, -0.1) is 0 Å². The monoisotopic (exact) mass is 499 g/mol. The summed E-state index contributed by atoms with van der Waals surface area (Å²) < 4.78 is 54.9. The van der Waals surface area contributed by atoms with Gasteiger partial charge in [-0.25, -0.2) is 12.8 Å². The van der Waals surface area contributed by atoms with Crippen LogP contribution in [-0.2, 0) is 24.2 Å². The van der Waals surface area contributed by atoms with E-state index in [0.717, 1.165) is 0 Å². The summed E-state index contributed by atoms with van der Waals surface area (Å²) in [6, 6.07) is 17.7. The van der Waals surface area contributed by atoms with Gasteiger partial charge in [0.05, 0.1) is 17.1 Å². The predicted molar refractivity (Wildman–Crippen MR) is 124 cm³/mol. The van der Waals surface area contributed by atoms with Gasteiger partial charge in [-0.2, -0.15) is 0 Å². The van der Waals surface area contributed by atoms with Gasteiger partial charge < -0.3 is 19.5 Å². The number of esters is 1. The minimum absolute atomic E-state index is 0.0109. The number of fused-ring (bicyclic) bond motifs is 1. The summed E-state index contributed by atoms with van der Waals surface area (Å²) in [7, 11) is -3.83. The smallest absolute Gasteiger partial charge is 0.307 e. The number of nitrogens with one attached hydrogen (secondary N) is 1. The van der Waals surface area contributed by atoms with Gasteiger partial charge in [-0.3, -0.25) is 9.59 Å². The summed E-state index contributed by atoms with van der Waals surface area (Å²) in [6.45, 7) is 0.686. The molecule has 4 rings (SSSR count). The molecule has 3 aromatic rings. The van der Waals surface area contributed by atoms with Crippen LogP contribution < -0.4 is 14.8 Å². The Balaban J connectivity index is 1.44. The van der Waals surface area contributed by atoms with Crippen molar-refractivity contribution in [2.75, 3.05) is 24.3 Å². The number of carbonyl (C=O) groups excluding carboxylic acids is 2. The Bertz CT molecular complexity index is 1310. The first-order valence-electron chi connectivity index (χ1n) is 10.7. The van der Waals surface area contributed by atoms with E-state index in [2.05, 4.69) is 5.32 Å². The second kappa shape index (κ2) is 10.6. The van der Waals surface area contributed by atoms with Gasteiger partial charge in [0.2, 0.25) is 6.10 Å². The molecule has 0 spiro atoms. The third kappa shape index (κ3) is 6.15. The molecule has 0 unspecified atom stereocenters. The molecule has 0 saturated carbocycles. The van der Waals surface area contributed by atoms with Gasteiger partial charge in [0.1, 0.15) is 19.0 Å². The van der Waals surface area contributed by atoms with Gasteiger partial charge in [0, 0.05) is 17.3 Å². The minimum Gasteiger partial charge on any atom is -0.486 e. The van der Waals surface area contributed by atoms with E-state index in [0.29, 0.717) is 36.0 Å². The summed E-state index contributed by atoms with van der Waals surface area (Å²) in [4.78, 5) is 25.4. The molecule has 1 N–H and O–H groups in total. The maximum absolute atomic E-state index is 13.2. The standard InChI is InChI=1S/C25H22FNO7S/c26-18-6-8-19(9-7-18)27-25(29)24(17-4-2-1-3-5-17)34-23(28)12-15-35(30,31)20-10-11-21-22(16-20)33-14-13-32-21/h1-11,16,24H,12-15H2,(H,27,29)/t24-/m0/s1. The van der Waals surface area contributed by atoms with Crippen LogP contribution in [0.25, 0.3) is 0 Å². The molecule has 0 fully saturated rings. The van der Waals surface area contributed by atoms with Crippen LogP contribution >= 0.6 is 0 Å². The maximum atomic E-state index is 13.2. The highest BCUT2D eigenvalue weighted by molar-refractivity contribution is 7.91. The first-order chi connectivity index (χ1) is 16.8. The molecule has 10 heteroatoms. The van der Waals surface area contributed by atoms with Crippen molar-refractivity contribution < 1.29 is 36.6 Å². The molecule has 1 atom stereocenters. The van der Waals surface area contributed by atoms with Crippen LogP contribution in [0.1, 0.15) is 18.1 Å². The fourth-order valence-corrected chi connectivity index (χ4v) is 4.62. The van der Waals surface area contributed by atoms with Crippen LogP contribution in [0.2, 0.25) is 0 Å². The van der Waals surface area contributed by atoms with Crippen molar-refractivity contribution >= 4 is 27.4 Å². The van der Waals surface area contributed by atoms with Gasteiger partial charge in [0.25, 0.3) is 5.91 Å². The zero-order valence-electron chi connectivity index (χ0n) is 18.5. The SMILES string of the molecule is O=C(CCS(=O)(=O)c1ccc2c(c1)OCCO2)O[C@H](C(=O)Nc1ccc(F)cc1)c1ccccc1. The summed E-state index contributed by atoms with van der Waals surface area (Å²) >= 11 is 0. The molecule has 1 amide bonds. The number of rotatable bonds is 8. The topological polar surface area (TPSA) is 108 Å². The van der Waals surface area contributed by atoms with Crippen molar-refractivity contribution in [1.82, 2.24) is 0 Å². The average molecular weight is 500 g/mol. The molecule has 35 heavy (non-hydrogen) atoms. The second-order valence-electron chi connectivity index (χ2n) is 7.65. The van der Waals surface area contributed by atoms with Gasteiger partial charge in [-0.05, 0) is 36.4 Å². The van der Waals surface area contributed by atoms with Gasteiger partial charge in [0.15, 0.2) is 21.3 Å². The molecular weight excluding hydrogens is 477 g/mol. The van der Waals surface area contributed by atoms with Crippen molar-refractivity contribution in [3.63, 3.8) is 0 Å². The van der Waals surface area contributed by atoms with Crippen LogP contribution in [0.3, 0.4) is 0 Å². The number of hydrogen-bond donors (Lipinski definition) is 1. The van der Waals surface area contributed by atoms with E-state index >= 15 is 0 Å². The molecule has 182 valence electrons. The Morgan fingerprint density at radius 1 is 0.943 bits per heavy atom. The van der Waals surface area contributed by atoms with Crippen LogP contribution in [-0.4, -0.2) is 39.3 Å². The third-order valence-electron chi connectivity index (χ3n) is 5.15. The lowest BCUT2D eigenvalue weighted by Gasteiger charge is -2.19. The molecule has 0 bridgehead atoms. The first kappa shape index (κ1) is 24.2. The molecule has 0 radical (unpaired) electrons. The molecular formula is C25H22FNO7S. The number of benzene rings is 3. The molecule has 0 aromatic heterocycles.